The number of imide groups is 1. The van der Waals surface area contributed by atoms with Crippen LogP contribution in [-0.2, 0) is 17.9 Å². The topological polar surface area (TPSA) is 67.9 Å². The van der Waals surface area contributed by atoms with Crippen LogP contribution in [0.2, 0.25) is 0 Å². The van der Waals surface area contributed by atoms with Gasteiger partial charge in [-0.3, -0.25) is 9.69 Å². The molecule has 0 unspecified atom stereocenters. The quantitative estimate of drug-likeness (QED) is 0.206. The molecule has 1 fully saturated rings. The summed E-state index contributed by atoms with van der Waals surface area (Å²) in [7, 11) is 0. The van der Waals surface area contributed by atoms with E-state index < -0.39 is 11.9 Å². The van der Waals surface area contributed by atoms with E-state index >= 15 is 0 Å². The Morgan fingerprint density at radius 2 is 1.80 bits per heavy atom. The fourth-order valence-electron chi connectivity index (χ4n) is 3.61. The number of urea groups is 1. The summed E-state index contributed by atoms with van der Waals surface area (Å²) in [4.78, 5) is 26.6. The molecule has 3 aromatic rings. The molecule has 3 aromatic carbocycles. The van der Waals surface area contributed by atoms with E-state index in [0.717, 1.165) is 14.7 Å². The second kappa shape index (κ2) is 10.9. The lowest BCUT2D eigenvalue weighted by atomic mass is 10.1. The van der Waals surface area contributed by atoms with Crippen molar-refractivity contribution < 1.29 is 23.5 Å². The molecule has 35 heavy (non-hydrogen) atoms. The molecular formula is C27H24FIN2O4. The molecule has 8 heteroatoms. The fraction of sp³-hybridized carbons (Fsp3) is 0.185. The van der Waals surface area contributed by atoms with Crippen LogP contribution in [0, 0.1) is 16.3 Å². The Kier molecular flexibility index (Phi) is 7.70. The first-order chi connectivity index (χ1) is 16.8. The molecule has 0 aromatic heterocycles. The van der Waals surface area contributed by atoms with Crippen LogP contribution in [0.4, 0.5) is 9.18 Å². The third-order valence-corrected chi connectivity index (χ3v) is 6.14. The summed E-state index contributed by atoms with van der Waals surface area (Å²) >= 11 is 2.13. The van der Waals surface area contributed by atoms with Crippen molar-refractivity contribution >= 4 is 40.6 Å². The number of amides is 3. The van der Waals surface area contributed by atoms with Crippen molar-refractivity contribution in [2.45, 2.75) is 27.0 Å². The number of ether oxygens (including phenoxy) is 2. The Morgan fingerprint density at radius 1 is 1.03 bits per heavy atom. The zero-order valence-electron chi connectivity index (χ0n) is 19.3. The lowest BCUT2D eigenvalue weighted by molar-refractivity contribution is -0.123. The molecule has 6 nitrogen and oxygen atoms in total. The van der Waals surface area contributed by atoms with E-state index in [9.17, 15) is 14.0 Å². The molecule has 1 heterocycles. The van der Waals surface area contributed by atoms with Gasteiger partial charge in [-0.25, -0.2) is 9.18 Å². The van der Waals surface area contributed by atoms with E-state index in [4.69, 9.17) is 9.47 Å². The molecule has 1 aliphatic rings. The average molecular weight is 586 g/mol. The second-order valence-corrected chi connectivity index (χ2v) is 9.21. The first kappa shape index (κ1) is 24.7. The highest BCUT2D eigenvalue weighted by Crippen LogP contribution is 2.36. The molecule has 0 bridgehead atoms. The lowest BCUT2D eigenvalue weighted by Gasteiger charge is -2.15. The molecule has 0 atom stereocenters. The van der Waals surface area contributed by atoms with E-state index in [2.05, 4.69) is 27.9 Å². The Morgan fingerprint density at radius 3 is 2.51 bits per heavy atom. The van der Waals surface area contributed by atoms with Gasteiger partial charge in [-0.15, -0.1) is 0 Å². The predicted octanol–water partition coefficient (Wildman–Crippen LogP) is 5.81. The molecule has 180 valence electrons. The maximum absolute atomic E-state index is 13.5. The highest BCUT2D eigenvalue weighted by molar-refractivity contribution is 14.1. The molecule has 0 aliphatic carbocycles. The average Bonchev–Trinajstić information content (AvgIpc) is 3.07. The lowest BCUT2D eigenvalue weighted by Crippen LogP contribution is -2.30. The molecule has 0 saturated carbocycles. The number of benzene rings is 3. The van der Waals surface area contributed by atoms with Crippen LogP contribution in [-0.4, -0.2) is 23.4 Å². The highest BCUT2D eigenvalue weighted by Gasteiger charge is 2.33. The molecule has 3 amide bonds. The zero-order valence-corrected chi connectivity index (χ0v) is 21.5. The Hall–Kier alpha value is -3.40. The number of carbonyl (C=O) groups is 2. The Balaban J connectivity index is 1.55. The monoisotopic (exact) mass is 586 g/mol. The minimum Gasteiger partial charge on any atom is -0.490 e. The van der Waals surface area contributed by atoms with Gasteiger partial charge < -0.3 is 14.8 Å². The summed E-state index contributed by atoms with van der Waals surface area (Å²) in [6, 6.07) is 17.0. The maximum atomic E-state index is 13.5. The van der Waals surface area contributed by atoms with Crippen molar-refractivity contribution in [3.63, 3.8) is 0 Å². The maximum Gasteiger partial charge on any atom is 0.329 e. The summed E-state index contributed by atoms with van der Waals surface area (Å²) in [6.45, 7) is 4.62. The third-order valence-electron chi connectivity index (χ3n) is 5.34. The van der Waals surface area contributed by atoms with Crippen molar-refractivity contribution in [3.05, 3.63) is 98.0 Å². The highest BCUT2D eigenvalue weighted by atomic mass is 127. The zero-order chi connectivity index (χ0) is 24.9. The van der Waals surface area contributed by atoms with Gasteiger partial charge in [-0.2, -0.15) is 0 Å². The van der Waals surface area contributed by atoms with E-state index in [1.54, 1.807) is 24.3 Å². The molecular weight excluding hydrogens is 562 g/mol. The summed E-state index contributed by atoms with van der Waals surface area (Å²) in [6.07, 6.45) is 1.62. The number of aryl methyl sites for hydroxylation is 1. The Labute approximate surface area is 216 Å². The van der Waals surface area contributed by atoms with Gasteiger partial charge in [0.15, 0.2) is 11.5 Å². The van der Waals surface area contributed by atoms with Crippen LogP contribution >= 0.6 is 22.6 Å². The van der Waals surface area contributed by atoms with Crippen LogP contribution in [0.25, 0.3) is 6.08 Å². The van der Waals surface area contributed by atoms with E-state index in [1.807, 2.05) is 44.2 Å². The summed E-state index contributed by atoms with van der Waals surface area (Å²) in [5.41, 5.74) is 3.54. The van der Waals surface area contributed by atoms with E-state index in [0.29, 0.717) is 29.2 Å². The number of hydrogen-bond donors (Lipinski definition) is 1. The minimum absolute atomic E-state index is 0.177. The third kappa shape index (κ3) is 6.00. The van der Waals surface area contributed by atoms with Gasteiger partial charge in [0.2, 0.25) is 0 Å². The SMILES string of the molecule is CCOc1cc(/C=C2/NC(=O)N(Cc3ccc(C)cc3)C2=O)cc(I)c1OCc1cccc(F)c1. The molecule has 1 saturated heterocycles. The van der Waals surface area contributed by atoms with Crippen molar-refractivity contribution in [2.75, 3.05) is 6.61 Å². The van der Waals surface area contributed by atoms with Gasteiger partial charge in [-0.1, -0.05) is 42.0 Å². The van der Waals surface area contributed by atoms with Crippen molar-refractivity contribution in [2.24, 2.45) is 0 Å². The van der Waals surface area contributed by atoms with Gasteiger partial charge >= 0.3 is 6.03 Å². The van der Waals surface area contributed by atoms with E-state index in [1.165, 1.54) is 17.0 Å². The summed E-state index contributed by atoms with van der Waals surface area (Å²) in [5, 5.41) is 2.66. The fourth-order valence-corrected chi connectivity index (χ4v) is 4.40. The minimum atomic E-state index is -0.461. The van der Waals surface area contributed by atoms with Crippen molar-refractivity contribution in [1.82, 2.24) is 10.2 Å². The van der Waals surface area contributed by atoms with Gasteiger partial charge in [0.05, 0.1) is 16.7 Å². The molecule has 0 spiro atoms. The van der Waals surface area contributed by atoms with Crippen molar-refractivity contribution in [1.29, 1.82) is 0 Å². The molecule has 0 radical (unpaired) electrons. The van der Waals surface area contributed by atoms with Crippen LogP contribution in [0.5, 0.6) is 11.5 Å². The standard InChI is InChI=1S/C27H24FIN2O4/c1-3-34-24-14-20(12-22(29)25(24)35-16-19-5-4-6-21(28)11-19)13-23-26(32)31(27(33)30-23)15-18-9-7-17(2)8-10-18/h4-14H,3,15-16H2,1-2H3,(H,30,33)/b23-13+. The number of nitrogens with zero attached hydrogens (tertiary/aromatic N) is 1. The first-order valence-corrected chi connectivity index (χ1v) is 12.2. The number of halogens is 2. The molecule has 4 rings (SSSR count). The second-order valence-electron chi connectivity index (χ2n) is 8.05. The summed E-state index contributed by atoms with van der Waals surface area (Å²) in [5.74, 6) is 0.306. The number of carbonyl (C=O) groups excluding carboxylic acids is 2. The number of rotatable bonds is 8. The predicted molar refractivity (Wildman–Crippen MR) is 139 cm³/mol. The largest absolute Gasteiger partial charge is 0.490 e. The van der Waals surface area contributed by atoms with Gasteiger partial charge in [-0.05, 0) is 83.5 Å². The van der Waals surface area contributed by atoms with Gasteiger partial charge in [0, 0.05) is 0 Å². The van der Waals surface area contributed by atoms with Gasteiger partial charge in [0.25, 0.3) is 5.91 Å². The Bertz CT molecular complexity index is 1290. The smallest absolute Gasteiger partial charge is 0.329 e. The van der Waals surface area contributed by atoms with E-state index in [-0.39, 0.29) is 24.7 Å². The summed E-state index contributed by atoms with van der Waals surface area (Å²) < 4.78 is 26.0. The van der Waals surface area contributed by atoms with Crippen LogP contribution in [0.3, 0.4) is 0 Å². The van der Waals surface area contributed by atoms with Gasteiger partial charge in [0.1, 0.15) is 18.1 Å². The molecule has 1 N–H and O–H groups in total. The van der Waals surface area contributed by atoms with Crippen LogP contribution < -0.4 is 14.8 Å². The van der Waals surface area contributed by atoms with Crippen LogP contribution in [0.15, 0.2) is 66.4 Å². The first-order valence-electron chi connectivity index (χ1n) is 11.1. The van der Waals surface area contributed by atoms with Crippen LogP contribution in [0.1, 0.15) is 29.2 Å². The number of hydrogen-bond acceptors (Lipinski definition) is 4. The molecule has 1 aliphatic heterocycles. The van der Waals surface area contributed by atoms with Crippen molar-refractivity contribution in [3.8, 4) is 11.5 Å². The number of nitrogens with one attached hydrogen (secondary N) is 1. The normalized spacial score (nSPS) is 14.4.